The molecule has 8 nitrogen and oxygen atoms in total. The van der Waals surface area contributed by atoms with E-state index in [4.69, 9.17) is 0 Å². The van der Waals surface area contributed by atoms with E-state index in [1.165, 1.54) is 12.1 Å². The molecule has 3 N–H and O–H groups in total. The first kappa shape index (κ1) is 30.4. The maximum atomic E-state index is 14.4. The number of amides is 3. The van der Waals surface area contributed by atoms with Gasteiger partial charge < -0.3 is 20.9 Å². The number of nitrogens with one attached hydrogen (secondary N) is 3. The number of anilines is 2. The molecule has 2 spiro atoms. The summed E-state index contributed by atoms with van der Waals surface area (Å²) in [6.45, 7) is 4.31. The number of nitrogens with zero attached hydrogens (tertiary/aromatic N) is 2. The summed E-state index contributed by atoms with van der Waals surface area (Å²) in [6.07, 6.45) is 7.22. The zero-order chi connectivity index (χ0) is 31.1. The second-order valence-corrected chi connectivity index (χ2v) is 12.8. The third kappa shape index (κ3) is 5.30. The molecule has 3 heterocycles. The minimum absolute atomic E-state index is 0.0520. The van der Waals surface area contributed by atoms with Gasteiger partial charge in [-0.05, 0) is 84.1 Å². The molecule has 7 rings (SSSR count). The normalized spacial score (nSPS) is 23.1. The van der Waals surface area contributed by atoms with E-state index >= 15 is 0 Å². The molecule has 10 heteroatoms. The lowest BCUT2D eigenvalue weighted by molar-refractivity contribution is -0.149. The van der Waals surface area contributed by atoms with Gasteiger partial charge in [-0.15, -0.1) is 9.24 Å². The van der Waals surface area contributed by atoms with Crippen LogP contribution < -0.4 is 21.3 Å². The highest BCUT2D eigenvalue weighted by Gasteiger charge is 2.51. The van der Waals surface area contributed by atoms with Gasteiger partial charge in [-0.1, -0.05) is 45.2 Å². The van der Waals surface area contributed by atoms with Gasteiger partial charge >= 0.3 is 0 Å². The zero-order valence-electron chi connectivity index (χ0n) is 25.2. The van der Waals surface area contributed by atoms with Crippen LogP contribution in [-0.4, -0.2) is 46.2 Å². The van der Waals surface area contributed by atoms with E-state index in [9.17, 15) is 18.8 Å². The Bertz CT molecular complexity index is 1600. The maximum absolute atomic E-state index is 14.4. The molecular formula is C34H39FN5O3P. The predicted octanol–water partition coefficient (Wildman–Crippen LogP) is 4.55. The number of hydrogen-bond donors (Lipinski definition) is 3. The average Bonchev–Trinajstić information content (AvgIpc) is 3.53. The number of carbonyl (C=O) groups is 3. The highest BCUT2D eigenvalue weighted by Crippen LogP contribution is 2.47. The smallest absolute Gasteiger partial charge is 0.244 e. The lowest BCUT2D eigenvalue weighted by atomic mass is 9.78. The number of benzene rings is 2. The first-order valence-electron chi connectivity index (χ1n) is 15.6. The second-order valence-electron chi connectivity index (χ2n) is 12.1. The second kappa shape index (κ2) is 12.0. The summed E-state index contributed by atoms with van der Waals surface area (Å²) in [5.74, 6) is -0.230. The topological polar surface area (TPSA) is 103 Å². The van der Waals surface area contributed by atoms with E-state index in [0.29, 0.717) is 41.8 Å². The van der Waals surface area contributed by atoms with Crippen molar-refractivity contribution in [3.8, 4) is 0 Å². The van der Waals surface area contributed by atoms with E-state index in [1.54, 1.807) is 11.1 Å². The largest absolute Gasteiger partial charge is 0.325 e. The molecule has 1 saturated heterocycles. The zero-order valence-corrected chi connectivity index (χ0v) is 26.4. The van der Waals surface area contributed by atoms with Crippen molar-refractivity contribution in [1.82, 2.24) is 15.2 Å². The molecule has 3 amide bonds. The first-order chi connectivity index (χ1) is 21.3. The number of rotatable bonds is 4. The summed E-state index contributed by atoms with van der Waals surface area (Å²) >= 11 is 0. The van der Waals surface area contributed by atoms with Crippen LogP contribution in [0.4, 0.5) is 15.9 Å². The fourth-order valence-corrected chi connectivity index (χ4v) is 7.80. The minimum Gasteiger partial charge on any atom is -0.325 e. The van der Waals surface area contributed by atoms with E-state index in [2.05, 4.69) is 30.2 Å². The summed E-state index contributed by atoms with van der Waals surface area (Å²) in [5, 5.41) is 10.1. The quantitative estimate of drug-likeness (QED) is 0.374. The lowest BCUT2D eigenvalue weighted by Crippen LogP contribution is -2.66. The van der Waals surface area contributed by atoms with Gasteiger partial charge in [0.15, 0.2) is 0 Å². The van der Waals surface area contributed by atoms with E-state index in [1.807, 2.05) is 50.2 Å². The number of pyridine rings is 1. The van der Waals surface area contributed by atoms with Crippen LogP contribution in [0.3, 0.4) is 0 Å². The molecule has 44 heavy (non-hydrogen) atoms. The molecular weight excluding hydrogens is 576 g/mol. The van der Waals surface area contributed by atoms with Crippen LogP contribution >= 0.6 is 9.24 Å². The van der Waals surface area contributed by atoms with Gasteiger partial charge in [0.2, 0.25) is 17.7 Å². The van der Waals surface area contributed by atoms with Crippen molar-refractivity contribution in [1.29, 1.82) is 0 Å². The Balaban J connectivity index is 0.00000168. The molecule has 2 aliphatic carbocycles. The SMILES string of the molecule is CC.O=C(CN1C(=O)C2(CCCCC2)NCC1c1cc(F)cc(P)c1)Nc1ccc2c(c1)CC1(C2)C(=O)Nc2ncccc21. The number of piperazine rings is 1. The number of fused-ring (bicyclic) bond motifs is 3. The number of carbonyl (C=O) groups excluding carboxylic acids is 3. The Morgan fingerprint density at radius 2 is 1.84 bits per heavy atom. The van der Waals surface area contributed by atoms with E-state index in [-0.39, 0.29) is 30.1 Å². The summed E-state index contributed by atoms with van der Waals surface area (Å²) in [5.41, 5.74) is 2.88. The molecule has 0 bridgehead atoms. The monoisotopic (exact) mass is 615 g/mol. The van der Waals surface area contributed by atoms with Crippen molar-refractivity contribution in [2.45, 2.75) is 75.8 Å². The Labute approximate surface area is 259 Å². The van der Waals surface area contributed by atoms with E-state index < -0.39 is 17.0 Å². The van der Waals surface area contributed by atoms with Crippen LogP contribution in [0.5, 0.6) is 0 Å². The van der Waals surface area contributed by atoms with Gasteiger partial charge in [-0.2, -0.15) is 0 Å². The van der Waals surface area contributed by atoms with Crippen molar-refractivity contribution in [3.05, 3.63) is 82.8 Å². The van der Waals surface area contributed by atoms with Gasteiger partial charge in [0.25, 0.3) is 0 Å². The predicted molar refractivity (Wildman–Crippen MR) is 172 cm³/mol. The molecule has 0 radical (unpaired) electrons. The third-order valence-corrected chi connectivity index (χ3v) is 9.83. The van der Waals surface area contributed by atoms with Crippen LogP contribution in [0.25, 0.3) is 0 Å². The first-order valence-corrected chi connectivity index (χ1v) is 16.1. The fourth-order valence-electron chi connectivity index (χ4n) is 7.45. The van der Waals surface area contributed by atoms with Gasteiger partial charge in [0.1, 0.15) is 18.2 Å². The van der Waals surface area contributed by atoms with Gasteiger partial charge in [-0.3, -0.25) is 14.4 Å². The Morgan fingerprint density at radius 1 is 1.07 bits per heavy atom. The molecule has 230 valence electrons. The van der Waals surface area contributed by atoms with Crippen molar-refractivity contribution >= 4 is 43.8 Å². The van der Waals surface area contributed by atoms with Crippen LogP contribution in [-0.2, 0) is 32.6 Å². The molecule has 3 aromatic rings. The third-order valence-electron chi connectivity index (χ3n) is 9.49. The average molecular weight is 616 g/mol. The van der Waals surface area contributed by atoms with Crippen molar-refractivity contribution in [2.75, 3.05) is 23.7 Å². The summed E-state index contributed by atoms with van der Waals surface area (Å²) in [7, 11) is 2.51. The molecule has 1 aromatic heterocycles. The van der Waals surface area contributed by atoms with Crippen LogP contribution in [0, 0.1) is 5.82 Å². The van der Waals surface area contributed by atoms with Crippen LogP contribution in [0.15, 0.2) is 54.7 Å². The Morgan fingerprint density at radius 3 is 2.61 bits per heavy atom. The Hall–Kier alpha value is -3.68. The summed E-state index contributed by atoms with van der Waals surface area (Å²) in [6, 6.07) is 13.8. The highest BCUT2D eigenvalue weighted by molar-refractivity contribution is 7.27. The van der Waals surface area contributed by atoms with E-state index in [0.717, 1.165) is 48.8 Å². The fraction of sp³-hybridized carbons (Fsp3) is 0.412. The van der Waals surface area contributed by atoms with Crippen LogP contribution in [0.1, 0.15) is 74.2 Å². The summed E-state index contributed by atoms with van der Waals surface area (Å²) in [4.78, 5) is 46.5. The van der Waals surface area contributed by atoms with Crippen molar-refractivity contribution in [2.24, 2.45) is 0 Å². The summed E-state index contributed by atoms with van der Waals surface area (Å²) < 4.78 is 14.4. The molecule has 1 saturated carbocycles. The standard InChI is InChI=1S/C32H33FN5O3P.C2H6/c33-22-11-20(13-24(42)14-22)26-17-35-32(8-2-1-3-9-32)30(41)38(26)18-27(39)36-23-7-6-19-15-31(16-21(19)12-23)25-5-4-10-34-28(25)37-29(31)40;1-2/h4-7,10-14,26,35H,1-3,8-9,15-18,42H2,(H,36,39)(H,34,37,40);1-2H3. The Kier molecular flexibility index (Phi) is 8.29. The molecule has 3 atom stereocenters. The maximum Gasteiger partial charge on any atom is 0.244 e. The number of hydrogen-bond acceptors (Lipinski definition) is 5. The van der Waals surface area contributed by atoms with Crippen molar-refractivity contribution in [3.63, 3.8) is 0 Å². The molecule has 4 aliphatic rings. The lowest BCUT2D eigenvalue weighted by Gasteiger charge is -2.48. The van der Waals surface area contributed by atoms with Gasteiger partial charge in [-0.25, -0.2) is 9.37 Å². The van der Waals surface area contributed by atoms with Gasteiger partial charge in [0.05, 0.1) is 17.0 Å². The molecule has 2 fully saturated rings. The number of aromatic nitrogens is 1. The number of halogens is 1. The molecule has 3 unspecified atom stereocenters. The highest BCUT2D eigenvalue weighted by atomic mass is 31.0. The minimum atomic E-state index is -0.690. The van der Waals surface area contributed by atoms with Crippen LogP contribution in [0.2, 0.25) is 0 Å². The molecule has 2 aliphatic heterocycles. The molecule has 2 aromatic carbocycles. The van der Waals surface area contributed by atoms with Gasteiger partial charge in [0, 0.05) is 24.0 Å². The van der Waals surface area contributed by atoms with Crippen molar-refractivity contribution < 1.29 is 18.8 Å².